The predicted octanol–water partition coefficient (Wildman–Crippen LogP) is 2.23. The van der Waals surface area contributed by atoms with Crippen LogP contribution in [0.2, 0.25) is 0 Å². The van der Waals surface area contributed by atoms with Crippen LogP contribution in [0.1, 0.15) is 40.5 Å². The van der Waals surface area contributed by atoms with Gasteiger partial charge in [0.05, 0.1) is 12.6 Å². The number of hydrogen-bond acceptors (Lipinski definition) is 3. The molecule has 0 radical (unpaired) electrons. The first-order valence-corrected chi connectivity index (χ1v) is 5.55. The first-order chi connectivity index (χ1) is 7.28. The number of hydrogen-bond donors (Lipinski definition) is 2. The number of aliphatic hydroxyl groups excluding tert-OH is 1. The molecule has 1 atom stereocenters. The van der Waals surface area contributed by atoms with E-state index in [2.05, 4.69) is 11.9 Å². The van der Waals surface area contributed by atoms with Crippen LogP contribution in [-0.4, -0.2) is 29.4 Å². The molecule has 0 aromatic heterocycles. The summed E-state index contributed by atoms with van der Waals surface area (Å²) in [4.78, 5) is 11.4. The Morgan fingerprint density at radius 3 is 2.44 bits per heavy atom. The Morgan fingerprint density at radius 2 is 2.06 bits per heavy atom. The maximum Gasteiger partial charge on any atom is 0.407 e. The van der Waals surface area contributed by atoms with E-state index in [1.807, 2.05) is 6.92 Å². The maximum absolute atomic E-state index is 11.4. The van der Waals surface area contributed by atoms with Crippen molar-refractivity contribution in [1.82, 2.24) is 5.32 Å². The number of amides is 1. The highest BCUT2D eigenvalue weighted by Gasteiger charge is 2.19. The zero-order chi connectivity index (χ0) is 12.8. The van der Waals surface area contributed by atoms with Crippen LogP contribution >= 0.6 is 0 Å². The highest BCUT2D eigenvalue weighted by molar-refractivity contribution is 5.68. The lowest BCUT2D eigenvalue weighted by atomic mass is 10.1. The van der Waals surface area contributed by atoms with E-state index in [-0.39, 0.29) is 12.6 Å². The first kappa shape index (κ1) is 15.0. The minimum atomic E-state index is -0.522. The Labute approximate surface area is 97.7 Å². The molecule has 0 heterocycles. The Morgan fingerprint density at radius 1 is 1.50 bits per heavy atom. The molecule has 1 amide bonds. The van der Waals surface area contributed by atoms with Crippen LogP contribution in [0.15, 0.2) is 12.2 Å². The summed E-state index contributed by atoms with van der Waals surface area (Å²) in [6.07, 6.45) is 0.911. The molecule has 4 heteroatoms. The number of aliphatic hydroxyl groups is 1. The minimum Gasteiger partial charge on any atom is -0.444 e. The van der Waals surface area contributed by atoms with Gasteiger partial charge in [-0.05, 0) is 33.6 Å². The van der Waals surface area contributed by atoms with Crippen molar-refractivity contribution in [3.05, 3.63) is 12.2 Å². The molecule has 0 aromatic carbocycles. The molecule has 0 saturated heterocycles. The standard InChI is InChI=1S/C12H23NO3/c1-6-9(2)7-10(8-14)13-11(15)16-12(3,4)5/h10,14H,2,6-8H2,1,3-5H3,(H,13,15)/t10-/m1/s1. The van der Waals surface area contributed by atoms with Crippen molar-refractivity contribution in [3.8, 4) is 0 Å². The molecule has 0 aliphatic carbocycles. The van der Waals surface area contributed by atoms with Gasteiger partial charge in [0, 0.05) is 0 Å². The average Bonchev–Trinajstić information content (AvgIpc) is 2.13. The molecule has 16 heavy (non-hydrogen) atoms. The van der Waals surface area contributed by atoms with Crippen molar-refractivity contribution in [2.24, 2.45) is 0 Å². The van der Waals surface area contributed by atoms with Gasteiger partial charge in [-0.25, -0.2) is 4.79 Å². The summed E-state index contributed by atoms with van der Waals surface area (Å²) in [5, 5.41) is 11.7. The topological polar surface area (TPSA) is 58.6 Å². The Bertz CT molecular complexity index is 243. The van der Waals surface area contributed by atoms with Gasteiger partial charge in [-0.3, -0.25) is 0 Å². The van der Waals surface area contributed by atoms with Crippen molar-refractivity contribution >= 4 is 6.09 Å². The van der Waals surface area contributed by atoms with Crippen LogP contribution < -0.4 is 5.32 Å². The van der Waals surface area contributed by atoms with Crippen LogP contribution in [0, 0.1) is 0 Å². The summed E-state index contributed by atoms with van der Waals surface area (Å²) >= 11 is 0. The van der Waals surface area contributed by atoms with Crippen LogP contribution in [-0.2, 0) is 4.74 Å². The third-order valence-electron chi connectivity index (χ3n) is 1.98. The van der Waals surface area contributed by atoms with Gasteiger partial charge >= 0.3 is 6.09 Å². The summed E-state index contributed by atoms with van der Waals surface area (Å²) in [6, 6.07) is -0.317. The van der Waals surface area contributed by atoms with Crippen molar-refractivity contribution in [2.75, 3.05) is 6.61 Å². The molecule has 0 spiro atoms. The third kappa shape index (κ3) is 7.29. The van der Waals surface area contributed by atoms with E-state index in [1.165, 1.54) is 0 Å². The molecule has 2 N–H and O–H groups in total. The SMILES string of the molecule is C=C(CC)C[C@H](CO)NC(=O)OC(C)(C)C. The van der Waals surface area contributed by atoms with Crippen molar-refractivity contribution in [3.63, 3.8) is 0 Å². The third-order valence-corrected chi connectivity index (χ3v) is 1.98. The molecular weight excluding hydrogens is 206 g/mol. The van der Waals surface area contributed by atoms with E-state index < -0.39 is 11.7 Å². The van der Waals surface area contributed by atoms with Crippen molar-refractivity contribution < 1.29 is 14.6 Å². The van der Waals surface area contributed by atoms with Gasteiger partial charge in [-0.1, -0.05) is 19.1 Å². The Hall–Kier alpha value is -1.03. The van der Waals surface area contributed by atoms with Crippen molar-refractivity contribution in [2.45, 2.75) is 52.2 Å². The molecule has 4 nitrogen and oxygen atoms in total. The smallest absolute Gasteiger partial charge is 0.407 e. The van der Waals surface area contributed by atoms with Gasteiger partial charge in [0.25, 0.3) is 0 Å². The lowest BCUT2D eigenvalue weighted by molar-refractivity contribution is 0.0482. The molecule has 0 rings (SSSR count). The van der Waals surface area contributed by atoms with Gasteiger partial charge in [0.1, 0.15) is 5.60 Å². The second-order valence-electron chi connectivity index (χ2n) is 4.83. The molecule has 94 valence electrons. The maximum atomic E-state index is 11.4. The molecule has 0 fully saturated rings. The summed E-state index contributed by atoms with van der Waals surface area (Å²) in [5.41, 5.74) is 0.474. The Balaban J connectivity index is 4.12. The van der Waals surface area contributed by atoms with E-state index in [4.69, 9.17) is 9.84 Å². The zero-order valence-electron chi connectivity index (χ0n) is 10.7. The molecule has 0 saturated carbocycles. The fraction of sp³-hybridized carbons (Fsp3) is 0.750. The van der Waals surface area contributed by atoms with Gasteiger partial charge in [-0.15, -0.1) is 0 Å². The number of rotatable bonds is 5. The minimum absolute atomic E-state index is 0.113. The number of carbonyl (C=O) groups is 1. The summed E-state index contributed by atoms with van der Waals surface area (Å²) in [5.74, 6) is 0. The van der Waals surface area contributed by atoms with E-state index in [1.54, 1.807) is 20.8 Å². The normalized spacial score (nSPS) is 13.1. The molecule has 0 aliphatic heterocycles. The number of nitrogens with one attached hydrogen (secondary N) is 1. The second kappa shape index (κ2) is 6.53. The average molecular weight is 229 g/mol. The Kier molecular flexibility index (Phi) is 6.11. The van der Waals surface area contributed by atoms with Gasteiger partial charge in [0.2, 0.25) is 0 Å². The first-order valence-electron chi connectivity index (χ1n) is 5.55. The quantitative estimate of drug-likeness (QED) is 0.711. The second-order valence-corrected chi connectivity index (χ2v) is 4.83. The van der Waals surface area contributed by atoms with Crippen LogP contribution in [0.25, 0.3) is 0 Å². The summed E-state index contributed by atoms with van der Waals surface area (Å²) in [6.45, 7) is 11.1. The predicted molar refractivity (Wildman–Crippen MR) is 64.3 cm³/mol. The van der Waals surface area contributed by atoms with Gasteiger partial charge in [-0.2, -0.15) is 0 Å². The van der Waals surface area contributed by atoms with E-state index in [0.29, 0.717) is 6.42 Å². The fourth-order valence-electron chi connectivity index (χ4n) is 1.13. The van der Waals surface area contributed by atoms with Crippen LogP contribution in [0.3, 0.4) is 0 Å². The lowest BCUT2D eigenvalue weighted by Crippen LogP contribution is -2.41. The van der Waals surface area contributed by atoms with Gasteiger partial charge < -0.3 is 15.2 Å². The molecule has 0 aliphatic rings. The zero-order valence-corrected chi connectivity index (χ0v) is 10.7. The van der Waals surface area contributed by atoms with Gasteiger partial charge in [0.15, 0.2) is 0 Å². The van der Waals surface area contributed by atoms with E-state index in [9.17, 15) is 4.79 Å². The van der Waals surface area contributed by atoms with Crippen molar-refractivity contribution in [1.29, 1.82) is 0 Å². The number of alkyl carbamates (subject to hydrolysis) is 1. The molecule has 0 unspecified atom stereocenters. The highest BCUT2D eigenvalue weighted by Crippen LogP contribution is 2.09. The molecule has 0 bridgehead atoms. The highest BCUT2D eigenvalue weighted by atomic mass is 16.6. The monoisotopic (exact) mass is 229 g/mol. The van der Waals surface area contributed by atoms with Crippen LogP contribution in [0.4, 0.5) is 4.79 Å². The van der Waals surface area contributed by atoms with E-state index >= 15 is 0 Å². The largest absolute Gasteiger partial charge is 0.444 e. The molecular formula is C12H23NO3. The number of ether oxygens (including phenoxy) is 1. The summed E-state index contributed by atoms with van der Waals surface area (Å²) < 4.78 is 5.09. The fourth-order valence-corrected chi connectivity index (χ4v) is 1.13. The van der Waals surface area contributed by atoms with E-state index in [0.717, 1.165) is 12.0 Å². The number of carbonyl (C=O) groups excluding carboxylic acids is 1. The van der Waals surface area contributed by atoms with Crippen LogP contribution in [0.5, 0.6) is 0 Å². The molecule has 0 aromatic rings. The summed E-state index contributed by atoms with van der Waals surface area (Å²) in [7, 11) is 0. The lowest BCUT2D eigenvalue weighted by Gasteiger charge is -2.23.